The molecule has 3 N–H and O–H groups in total. The lowest BCUT2D eigenvalue weighted by atomic mass is 10.1. The molecule has 2 heterocycles. The van der Waals surface area contributed by atoms with E-state index in [2.05, 4.69) is 20.3 Å². The zero-order valence-electron chi connectivity index (χ0n) is 21.0. The summed E-state index contributed by atoms with van der Waals surface area (Å²) in [6, 6.07) is 22.3. The lowest BCUT2D eigenvalue weighted by Crippen LogP contribution is -2.10. The molecule has 0 unspecified atom stereocenters. The smallest absolute Gasteiger partial charge is 0.223 e. The molecule has 0 amide bonds. The van der Waals surface area contributed by atoms with Gasteiger partial charge in [0.05, 0.1) is 39.3 Å². The van der Waals surface area contributed by atoms with Gasteiger partial charge in [-0.1, -0.05) is 65.7 Å². The molecule has 10 heteroatoms. The van der Waals surface area contributed by atoms with Gasteiger partial charge in [-0.25, -0.2) is 15.0 Å². The number of nitrogens with zero attached hydrogens (tertiary/aromatic N) is 3. The van der Waals surface area contributed by atoms with E-state index in [0.717, 1.165) is 11.1 Å². The molecule has 0 saturated carbocycles. The number of phenolic OH excluding ortho intramolecular Hbond substituents is 1. The Bertz CT molecular complexity index is 1550. The Morgan fingerprint density at radius 3 is 2.51 bits per heavy atom. The molecule has 5 rings (SSSR count). The molecule has 2 aromatic heterocycles. The monoisotopic (exact) mass is 561 g/mol. The molecule has 5 aromatic rings. The van der Waals surface area contributed by atoms with Crippen LogP contribution in [0.2, 0.25) is 10.0 Å². The molecule has 0 atom stereocenters. The topological polar surface area (TPSA) is 105 Å². The van der Waals surface area contributed by atoms with Crippen molar-refractivity contribution in [3.8, 4) is 45.5 Å². The number of benzene rings is 3. The van der Waals surface area contributed by atoms with Gasteiger partial charge in [0.1, 0.15) is 23.9 Å². The fourth-order valence-corrected chi connectivity index (χ4v) is 4.65. The van der Waals surface area contributed by atoms with Gasteiger partial charge in [-0.05, 0) is 35.9 Å². The first-order valence-corrected chi connectivity index (χ1v) is 12.9. The quantitative estimate of drug-likeness (QED) is 0.160. The molecule has 0 aliphatic rings. The number of aromatic nitrogens is 4. The summed E-state index contributed by atoms with van der Waals surface area (Å²) in [5.74, 6) is 1.54. The normalized spacial score (nSPS) is 10.9. The van der Waals surface area contributed by atoms with E-state index >= 15 is 0 Å². The van der Waals surface area contributed by atoms with Crippen molar-refractivity contribution in [2.75, 3.05) is 25.6 Å². The number of imidazole rings is 1. The van der Waals surface area contributed by atoms with Crippen LogP contribution in [-0.4, -0.2) is 45.3 Å². The molecule has 0 bridgehead atoms. The number of phenols is 1. The number of aromatic amines is 1. The molecule has 0 radical (unpaired) electrons. The Morgan fingerprint density at radius 1 is 0.949 bits per heavy atom. The van der Waals surface area contributed by atoms with Crippen LogP contribution in [0.4, 0.5) is 5.95 Å². The van der Waals surface area contributed by atoms with E-state index in [1.807, 2.05) is 54.6 Å². The Hall–Kier alpha value is -4.11. The zero-order chi connectivity index (χ0) is 27.2. The Labute approximate surface area is 235 Å². The number of methoxy groups -OCH3 is 1. The highest BCUT2D eigenvalue weighted by Crippen LogP contribution is 2.40. The minimum absolute atomic E-state index is 0.0356. The molecule has 3 aromatic carbocycles. The van der Waals surface area contributed by atoms with E-state index in [1.54, 1.807) is 19.4 Å². The van der Waals surface area contributed by atoms with Gasteiger partial charge in [0.25, 0.3) is 0 Å². The molecule has 0 aliphatic heterocycles. The standard InChI is InChI=1S/C29H25Cl2N5O3/c1-38-13-12-33-29-32-11-10-24(34-29)27-26(35-28(36-27)25-22(30)15-20(37)16-23(25)31)19-8-5-9-21(14-19)39-17-18-6-3-2-4-7-18/h2-11,14-16,37H,12-13,17H2,1H3,(H,35,36)(H,32,33,34). The van der Waals surface area contributed by atoms with Crippen LogP contribution < -0.4 is 10.1 Å². The van der Waals surface area contributed by atoms with Gasteiger partial charge in [0.15, 0.2) is 0 Å². The number of hydrogen-bond donors (Lipinski definition) is 3. The summed E-state index contributed by atoms with van der Waals surface area (Å²) in [6.07, 6.45) is 1.67. The molecule has 198 valence electrons. The van der Waals surface area contributed by atoms with Crippen molar-refractivity contribution >= 4 is 29.2 Å². The SMILES string of the molecule is COCCNc1nccc(-c2[nH]c(-c3c(Cl)cc(O)cc3Cl)nc2-c2cccc(OCc3ccccc3)c2)n1. The minimum atomic E-state index is -0.0356. The van der Waals surface area contributed by atoms with E-state index in [4.69, 9.17) is 37.7 Å². The summed E-state index contributed by atoms with van der Waals surface area (Å²) in [7, 11) is 1.63. The summed E-state index contributed by atoms with van der Waals surface area (Å²) in [4.78, 5) is 17.2. The van der Waals surface area contributed by atoms with Crippen molar-refractivity contribution in [1.82, 2.24) is 19.9 Å². The van der Waals surface area contributed by atoms with Gasteiger partial charge in [0, 0.05) is 25.4 Å². The van der Waals surface area contributed by atoms with Crippen LogP contribution in [0.25, 0.3) is 34.0 Å². The highest BCUT2D eigenvalue weighted by Gasteiger charge is 2.21. The van der Waals surface area contributed by atoms with Gasteiger partial charge < -0.3 is 24.9 Å². The minimum Gasteiger partial charge on any atom is -0.508 e. The molecular formula is C29H25Cl2N5O3. The number of rotatable bonds is 10. The summed E-state index contributed by atoms with van der Waals surface area (Å²) in [6.45, 7) is 1.51. The lowest BCUT2D eigenvalue weighted by Gasteiger charge is -2.09. The average Bonchev–Trinajstić information content (AvgIpc) is 3.37. The van der Waals surface area contributed by atoms with Gasteiger partial charge >= 0.3 is 0 Å². The van der Waals surface area contributed by atoms with Crippen LogP contribution in [0.1, 0.15) is 5.56 Å². The third-order valence-corrected chi connectivity index (χ3v) is 6.42. The van der Waals surface area contributed by atoms with E-state index < -0.39 is 0 Å². The van der Waals surface area contributed by atoms with E-state index in [0.29, 0.717) is 59.9 Å². The molecule has 0 fully saturated rings. The first-order chi connectivity index (χ1) is 19.0. The number of anilines is 1. The number of aromatic hydroxyl groups is 1. The van der Waals surface area contributed by atoms with Crippen molar-refractivity contribution < 1.29 is 14.6 Å². The number of hydrogen-bond acceptors (Lipinski definition) is 7. The van der Waals surface area contributed by atoms with Gasteiger partial charge in [0.2, 0.25) is 5.95 Å². The highest BCUT2D eigenvalue weighted by atomic mass is 35.5. The molecule has 0 spiro atoms. The fourth-order valence-electron chi connectivity index (χ4n) is 3.99. The van der Waals surface area contributed by atoms with E-state index in [-0.39, 0.29) is 15.8 Å². The van der Waals surface area contributed by atoms with Crippen LogP contribution in [0.5, 0.6) is 11.5 Å². The Balaban J connectivity index is 1.56. The maximum absolute atomic E-state index is 9.92. The van der Waals surface area contributed by atoms with E-state index in [1.165, 1.54) is 12.1 Å². The number of halogens is 2. The molecule has 39 heavy (non-hydrogen) atoms. The second-order valence-corrected chi connectivity index (χ2v) is 9.40. The van der Waals surface area contributed by atoms with Crippen molar-refractivity contribution in [2.45, 2.75) is 6.61 Å². The van der Waals surface area contributed by atoms with Crippen molar-refractivity contribution in [3.63, 3.8) is 0 Å². The summed E-state index contributed by atoms with van der Waals surface area (Å²) >= 11 is 12.9. The van der Waals surface area contributed by atoms with Crippen LogP contribution in [-0.2, 0) is 11.3 Å². The number of H-pyrrole nitrogens is 1. The summed E-state index contributed by atoms with van der Waals surface area (Å²) < 4.78 is 11.2. The number of ether oxygens (including phenoxy) is 2. The van der Waals surface area contributed by atoms with Crippen molar-refractivity contribution in [1.29, 1.82) is 0 Å². The molecule has 0 aliphatic carbocycles. The molecule has 8 nitrogen and oxygen atoms in total. The number of nitrogens with one attached hydrogen (secondary N) is 2. The third kappa shape index (κ3) is 6.31. The van der Waals surface area contributed by atoms with E-state index in [9.17, 15) is 5.11 Å². The first-order valence-electron chi connectivity index (χ1n) is 12.1. The predicted molar refractivity (Wildman–Crippen MR) is 153 cm³/mol. The molecule has 0 saturated heterocycles. The van der Waals surface area contributed by atoms with Gasteiger partial charge in [-0.15, -0.1) is 0 Å². The summed E-state index contributed by atoms with van der Waals surface area (Å²) in [5, 5.41) is 13.6. The zero-order valence-corrected chi connectivity index (χ0v) is 22.5. The molecular weight excluding hydrogens is 537 g/mol. The second-order valence-electron chi connectivity index (χ2n) is 8.58. The first kappa shape index (κ1) is 26.5. The van der Waals surface area contributed by atoms with Crippen molar-refractivity contribution in [3.05, 3.63) is 94.6 Å². The van der Waals surface area contributed by atoms with Gasteiger partial charge in [-0.2, -0.15) is 0 Å². The maximum Gasteiger partial charge on any atom is 0.223 e. The maximum atomic E-state index is 9.92. The van der Waals surface area contributed by atoms with Crippen LogP contribution >= 0.6 is 23.2 Å². The Morgan fingerprint density at radius 2 is 1.74 bits per heavy atom. The largest absolute Gasteiger partial charge is 0.508 e. The summed E-state index contributed by atoms with van der Waals surface area (Å²) in [5.41, 5.74) is 4.21. The fraction of sp³-hybridized carbons (Fsp3) is 0.138. The van der Waals surface area contributed by atoms with Crippen LogP contribution in [0, 0.1) is 0 Å². The van der Waals surface area contributed by atoms with Crippen LogP contribution in [0.15, 0.2) is 79.0 Å². The second kappa shape index (κ2) is 12.2. The van der Waals surface area contributed by atoms with Crippen LogP contribution in [0.3, 0.4) is 0 Å². The lowest BCUT2D eigenvalue weighted by molar-refractivity contribution is 0.210. The average molecular weight is 562 g/mol. The van der Waals surface area contributed by atoms with Crippen molar-refractivity contribution in [2.24, 2.45) is 0 Å². The highest BCUT2D eigenvalue weighted by molar-refractivity contribution is 6.39. The van der Waals surface area contributed by atoms with Gasteiger partial charge in [-0.3, -0.25) is 0 Å². The Kier molecular flexibility index (Phi) is 8.27. The predicted octanol–water partition coefficient (Wildman–Crippen LogP) is 6.85. The third-order valence-electron chi connectivity index (χ3n) is 5.82.